The summed E-state index contributed by atoms with van der Waals surface area (Å²) in [6, 6.07) is 10.9. The fourth-order valence-corrected chi connectivity index (χ4v) is 5.38. The van der Waals surface area contributed by atoms with E-state index in [-0.39, 0.29) is 42.2 Å². The highest BCUT2D eigenvalue weighted by molar-refractivity contribution is 5.98. The molecule has 10 heteroatoms. The minimum Gasteiger partial charge on any atom is -0.394 e. The Morgan fingerprint density at radius 2 is 1.44 bits per heavy atom. The standard InChI is InChI=1S/C31H44N6O4/c1-21(2)27(20-38)34-29(39)23-11-14-36(15-12-23)30(40)24-7-9-25(10-8-24)31(41)37-18-16-35(17-19-37)28-26(33-22(3)4)6-5-13-32-28/h5-10,13,21-23,27,33,38H,11-12,14-20H2,1-4H3,(H,34,39)/t27-/m1/s1. The average molecular weight is 565 g/mol. The largest absolute Gasteiger partial charge is 0.394 e. The summed E-state index contributed by atoms with van der Waals surface area (Å²) in [4.78, 5) is 49.4. The van der Waals surface area contributed by atoms with Crippen molar-refractivity contribution < 1.29 is 19.5 Å². The molecule has 3 N–H and O–H groups in total. The van der Waals surface area contributed by atoms with Crippen molar-refractivity contribution in [1.29, 1.82) is 0 Å². The summed E-state index contributed by atoms with van der Waals surface area (Å²) >= 11 is 0. The first kappa shape index (κ1) is 30.3. The smallest absolute Gasteiger partial charge is 0.253 e. The number of rotatable bonds is 9. The summed E-state index contributed by atoms with van der Waals surface area (Å²) in [5.74, 6) is 0.708. The van der Waals surface area contributed by atoms with Crippen LogP contribution in [0.1, 0.15) is 61.3 Å². The maximum atomic E-state index is 13.2. The van der Waals surface area contributed by atoms with Crippen molar-refractivity contribution in [2.24, 2.45) is 11.8 Å². The summed E-state index contributed by atoms with van der Waals surface area (Å²) in [6.07, 6.45) is 2.97. The number of anilines is 2. The Labute approximate surface area is 243 Å². The Morgan fingerprint density at radius 1 is 0.878 bits per heavy atom. The van der Waals surface area contributed by atoms with Crippen LogP contribution in [0.5, 0.6) is 0 Å². The minimum absolute atomic E-state index is 0.0420. The number of piperazine rings is 1. The molecule has 0 bridgehead atoms. The number of aromatic nitrogens is 1. The van der Waals surface area contributed by atoms with Gasteiger partial charge in [-0.25, -0.2) is 4.98 Å². The van der Waals surface area contributed by atoms with Gasteiger partial charge in [0, 0.05) is 68.6 Å². The summed E-state index contributed by atoms with van der Waals surface area (Å²) in [5.41, 5.74) is 2.10. The van der Waals surface area contributed by atoms with Crippen LogP contribution in [0.2, 0.25) is 0 Å². The molecule has 1 aromatic heterocycles. The first-order chi connectivity index (χ1) is 19.7. The fourth-order valence-electron chi connectivity index (χ4n) is 5.38. The second-order valence-corrected chi connectivity index (χ2v) is 11.6. The number of piperidine rings is 1. The van der Waals surface area contributed by atoms with Gasteiger partial charge in [-0.05, 0) is 69.0 Å². The van der Waals surface area contributed by atoms with Crippen molar-refractivity contribution in [2.75, 3.05) is 56.1 Å². The zero-order valence-corrected chi connectivity index (χ0v) is 24.7. The van der Waals surface area contributed by atoms with Crippen LogP contribution < -0.4 is 15.5 Å². The molecule has 3 heterocycles. The van der Waals surface area contributed by atoms with Crippen LogP contribution >= 0.6 is 0 Å². The Hall–Kier alpha value is -3.66. The van der Waals surface area contributed by atoms with Crippen LogP contribution in [0.25, 0.3) is 0 Å². The van der Waals surface area contributed by atoms with Gasteiger partial charge >= 0.3 is 0 Å². The predicted molar refractivity (Wildman–Crippen MR) is 160 cm³/mol. The van der Waals surface area contributed by atoms with E-state index < -0.39 is 0 Å². The van der Waals surface area contributed by atoms with Gasteiger partial charge in [0.2, 0.25) is 5.91 Å². The SMILES string of the molecule is CC(C)Nc1cccnc1N1CCN(C(=O)c2ccc(C(=O)N3CCC(C(=O)N[C@H](CO)C(C)C)CC3)cc2)CC1. The number of nitrogens with zero attached hydrogens (tertiary/aromatic N) is 4. The van der Waals surface area contributed by atoms with E-state index in [1.165, 1.54) is 0 Å². The molecule has 2 aromatic rings. The molecule has 1 atom stereocenters. The van der Waals surface area contributed by atoms with E-state index in [4.69, 9.17) is 0 Å². The third-order valence-electron chi connectivity index (χ3n) is 7.96. The first-order valence-electron chi connectivity index (χ1n) is 14.7. The normalized spacial score (nSPS) is 17.1. The van der Waals surface area contributed by atoms with Crippen molar-refractivity contribution in [3.8, 4) is 0 Å². The highest BCUT2D eigenvalue weighted by atomic mass is 16.3. The van der Waals surface area contributed by atoms with Crippen LogP contribution in [-0.4, -0.2) is 95.6 Å². The number of benzene rings is 1. The lowest BCUT2D eigenvalue weighted by Gasteiger charge is -2.36. The van der Waals surface area contributed by atoms with Gasteiger partial charge in [-0.2, -0.15) is 0 Å². The summed E-state index contributed by atoms with van der Waals surface area (Å²) < 4.78 is 0. The van der Waals surface area contributed by atoms with Crippen LogP contribution in [0, 0.1) is 11.8 Å². The van der Waals surface area contributed by atoms with Crippen molar-refractivity contribution >= 4 is 29.2 Å². The van der Waals surface area contributed by atoms with Gasteiger partial charge in [-0.3, -0.25) is 14.4 Å². The van der Waals surface area contributed by atoms with E-state index in [1.54, 1.807) is 35.4 Å². The lowest BCUT2D eigenvalue weighted by Crippen LogP contribution is -2.49. The number of amides is 3. The Kier molecular flexibility index (Phi) is 10.2. The van der Waals surface area contributed by atoms with E-state index in [1.807, 2.05) is 30.9 Å². The summed E-state index contributed by atoms with van der Waals surface area (Å²) in [5, 5.41) is 15.9. The van der Waals surface area contributed by atoms with E-state index in [0.29, 0.717) is 69.3 Å². The maximum absolute atomic E-state index is 13.2. The zero-order chi connectivity index (χ0) is 29.5. The molecule has 0 aliphatic carbocycles. The van der Waals surface area contributed by atoms with E-state index in [2.05, 4.69) is 34.4 Å². The molecule has 10 nitrogen and oxygen atoms in total. The van der Waals surface area contributed by atoms with Crippen LogP contribution in [0.3, 0.4) is 0 Å². The van der Waals surface area contributed by atoms with Gasteiger partial charge in [0.25, 0.3) is 11.8 Å². The van der Waals surface area contributed by atoms with Gasteiger partial charge in [0.15, 0.2) is 5.82 Å². The molecule has 222 valence electrons. The predicted octanol–water partition coefficient (Wildman–Crippen LogP) is 2.85. The first-order valence-corrected chi connectivity index (χ1v) is 14.7. The van der Waals surface area contributed by atoms with Gasteiger partial charge in [-0.1, -0.05) is 13.8 Å². The number of aliphatic hydroxyl groups excluding tert-OH is 1. The van der Waals surface area contributed by atoms with Crippen LogP contribution in [-0.2, 0) is 4.79 Å². The summed E-state index contributed by atoms with van der Waals surface area (Å²) in [7, 11) is 0. The molecule has 0 spiro atoms. The number of carbonyl (C=O) groups is 3. The number of likely N-dealkylation sites (tertiary alicyclic amines) is 1. The van der Waals surface area contributed by atoms with Gasteiger partial charge < -0.3 is 30.4 Å². The van der Waals surface area contributed by atoms with E-state index in [0.717, 1.165) is 11.5 Å². The lowest BCUT2D eigenvalue weighted by atomic mass is 9.94. The molecular formula is C31H44N6O4. The third-order valence-corrected chi connectivity index (χ3v) is 7.96. The number of hydrogen-bond donors (Lipinski definition) is 3. The van der Waals surface area contributed by atoms with Crippen LogP contribution in [0.4, 0.5) is 11.5 Å². The molecule has 41 heavy (non-hydrogen) atoms. The van der Waals surface area contributed by atoms with Crippen molar-refractivity contribution in [1.82, 2.24) is 20.1 Å². The molecule has 4 rings (SSSR count). The molecule has 0 unspecified atom stereocenters. The monoisotopic (exact) mass is 564 g/mol. The number of hydrogen-bond acceptors (Lipinski definition) is 7. The number of aliphatic hydroxyl groups is 1. The molecule has 2 aliphatic heterocycles. The number of nitrogens with one attached hydrogen (secondary N) is 2. The second-order valence-electron chi connectivity index (χ2n) is 11.6. The lowest BCUT2D eigenvalue weighted by molar-refractivity contribution is -0.127. The third kappa shape index (κ3) is 7.55. The van der Waals surface area contributed by atoms with Gasteiger partial charge in [0.1, 0.15) is 0 Å². The molecule has 2 saturated heterocycles. The molecule has 2 fully saturated rings. The molecule has 0 radical (unpaired) electrons. The van der Waals surface area contributed by atoms with Crippen molar-refractivity contribution in [2.45, 2.75) is 52.6 Å². The molecule has 1 aromatic carbocycles. The van der Waals surface area contributed by atoms with Crippen molar-refractivity contribution in [3.05, 3.63) is 53.7 Å². The molecule has 2 aliphatic rings. The Morgan fingerprint density at radius 3 is 1.95 bits per heavy atom. The minimum atomic E-state index is -0.256. The molecule has 3 amide bonds. The highest BCUT2D eigenvalue weighted by Crippen LogP contribution is 2.25. The quantitative estimate of drug-likeness (QED) is 0.429. The van der Waals surface area contributed by atoms with E-state index in [9.17, 15) is 19.5 Å². The van der Waals surface area contributed by atoms with Gasteiger partial charge in [0.05, 0.1) is 18.3 Å². The van der Waals surface area contributed by atoms with Crippen molar-refractivity contribution in [3.63, 3.8) is 0 Å². The fraction of sp³-hybridized carbons (Fsp3) is 0.548. The van der Waals surface area contributed by atoms with Gasteiger partial charge in [-0.15, -0.1) is 0 Å². The Balaban J connectivity index is 1.28. The molecular weight excluding hydrogens is 520 g/mol. The maximum Gasteiger partial charge on any atom is 0.253 e. The summed E-state index contributed by atoms with van der Waals surface area (Å²) in [6.45, 7) is 11.6. The van der Waals surface area contributed by atoms with E-state index >= 15 is 0 Å². The molecule has 0 saturated carbocycles. The van der Waals surface area contributed by atoms with Crippen LogP contribution in [0.15, 0.2) is 42.6 Å². The average Bonchev–Trinajstić information content (AvgIpc) is 2.99. The second kappa shape index (κ2) is 13.8. The number of pyridine rings is 1. The number of carbonyl (C=O) groups excluding carboxylic acids is 3. The zero-order valence-electron chi connectivity index (χ0n) is 24.7. The topological polar surface area (TPSA) is 118 Å². The Bertz CT molecular complexity index is 1190. The highest BCUT2D eigenvalue weighted by Gasteiger charge is 2.30.